The van der Waals surface area contributed by atoms with E-state index in [-0.39, 0.29) is 28.4 Å². The zero-order valence-electron chi connectivity index (χ0n) is 19.9. The van der Waals surface area contributed by atoms with E-state index < -0.39 is 45.9 Å². The first-order valence-electron chi connectivity index (χ1n) is 11.3. The SMILES string of the molecule is Cc1cc(S(=O)(=O)N2c3cc(F)c(F)cc3NC(=O)[C@H]2CC(=O)NCCc2ccncc2)c(C)cc1Cl. The van der Waals surface area contributed by atoms with Crippen LogP contribution in [0, 0.1) is 25.5 Å². The maximum Gasteiger partial charge on any atom is 0.265 e. The van der Waals surface area contributed by atoms with E-state index in [0.29, 0.717) is 33.4 Å². The van der Waals surface area contributed by atoms with Gasteiger partial charge in [-0.25, -0.2) is 17.2 Å². The number of anilines is 2. The zero-order valence-corrected chi connectivity index (χ0v) is 21.5. The average molecular weight is 549 g/mol. The Bertz CT molecular complexity index is 1490. The molecule has 1 aliphatic rings. The van der Waals surface area contributed by atoms with Gasteiger partial charge in [0.25, 0.3) is 10.0 Å². The van der Waals surface area contributed by atoms with Crippen molar-refractivity contribution in [3.05, 3.63) is 82.1 Å². The molecule has 0 saturated heterocycles. The minimum absolute atomic E-state index is 0.178. The number of carbonyl (C=O) groups is 2. The maximum atomic E-state index is 14.3. The molecule has 2 N–H and O–H groups in total. The second-order valence-corrected chi connectivity index (χ2v) is 10.8. The molecule has 1 aliphatic heterocycles. The molecule has 1 atom stereocenters. The number of halogens is 3. The van der Waals surface area contributed by atoms with Crippen LogP contribution in [0.1, 0.15) is 23.1 Å². The Morgan fingerprint density at radius 1 is 1.11 bits per heavy atom. The first-order valence-corrected chi connectivity index (χ1v) is 13.1. The maximum absolute atomic E-state index is 14.3. The third-order valence-corrected chi connectivity index (χ3v) is 8.35. The van der Waals surface area contributed by atoms with Gasteiger partial charge in [-0.15, -0.1) is 0 Å². The van der Waals surface area contributed by atoms with Gasteiger partial charge in [0.1, 0.15) is 6.04 Å². The van der Waals surface area contributed by atoms with E-state index in [0.717, 1.165) is 5.56 Å². The number of pyridine rings is 1. The molecule has 0 aliphatic carbocycles. The van der Waals surface area contributed by atoms with Crippen molar-refractivity contribution in [1.29, 1.82) is 0 Å². The zero-order chi connectivity index (χ0) is 26.9. The molecule has 194 valence electrons. The smallest absolute Gasteiger partial charge is 0.265 e. The number of hydrogen-bond acceptors (Lipinski definition) is 5. The lowest BCUT2D eigenvalue weighted by Gasteiger charge is -2.37. The van der Waals surface area contributed by atoms with Gasteiger partial charge in [-0.2, -0.15) is 0 Å². The van der Waals surface area contributed by atoms with Gasteiger partial charge >= 0.3 is 0 Å². The quantitative estimate of drug-likeness (QED) is 0.465. The van der Waals surface area contributed by atoms with E-state index in [4.69, 9.17) is 11.6 Å². The van der Waals surface area contributed by atoms with Crippen LogP contribution in [0.2, 0.25) is 5.02 Å². The minimum atomic E-state index is -4.53. The molecule has 2 aromatic carbocycles. The van der Waals surface area contributed by atoms with Crippen molar-refractivity contribution in [2.45, 2.75) is 37.6 Å². The van der Waals surface area contributed by atoms with E-state index in [9.17, 15) is 26.8 Å². The Morgan fingerprint density at radius 3 is 2.49 bits per heavy atom. The number of aromatic nitrogens is 1. The molecular formula is C25H23ClF2N4O4S. The molecule has 0 bridgehead atoms. The van der Waals surface area contributed by atoms with Crippen LogP contribution < -0.4 is 14.9 Å². The highest BCUT2D eigenvalue weighted by molar-refractivity contribution is 7.93. The van der Waals surface area contributed by atoms with Crippen molar-refractivity contribution in [3.8, 4) is 0 Å². The molecule has 12 heteroatoms. The van der Waals surface area contributed by atoms with Gasteiger partial charge in [0.2, 0.25) is 11.8 Å². The molecule has 8 nitrogen and oxygen atoms in total. The first kappa shape index (κ1) is 26.5. The number of rotatable bonds is 7. The third-order valence-electron chi connectivity index (χ3n) is 5.98. The Hall–Kier alpha value is -3.57. The summed E-state index contributed by atoms with van der Waals surface area (Å²) in [5, 5.41) is 5.40. The summed E-state index contributed by atoms with van der Waals surface area (Å²) in [6, 6.07) is 6.21. The van der Waals surface area contributed by atoms with Gasteiger partial charge < -0.3 is 10.6 Å². The summed E-state index contributed by atoms with van der Waals surface area (Å²) >= 11 is 6.13. The van der Waals surface area contributed by atoms with E-state index >= 15 is 0 Å². The van der Waals surface area contributed by atoms with Gasteiger partial charge in [-0.3, -0.25) is 18.9 Å². The van der Waals surface area contributed by atoms with Crippen molar-refractivity contribution in [1.82, 2.24) is 10.3 Å². The summed E-state index contributed by atoms with van der Waals surface area (Å²) in [5.41, 5.74) is 1.15. The summed E-state index contributed by atoms with van der Waals surface area (Å²) in [6.07, 6.45) is 3.17. The van der Waals surface area contributed by atoms with Crippen molar-refractivity contribution in [3.63, 3.8) is 0 Å². The molecule has 0 fully saturated rings. The number of nitrogens with zero attached hydrogens (tertiary/aromatic N) is 2. The highest BCUT2D eigenvalue weighted by atomic mass is 35.5. The number of benzene rings is 2. The van der Waals surface area contributed by atoms with Crippen LogP contribution in [0.15, 0.2) is 53.7 Å². The van der Waals surface area contributed by atoms with Crippen LogP contribution in [0.3, 0.4) is 0 Å². The molecule has 0 saturated carbocycles. The Morgan fingerprint density at radius 2 is 1.78 bits per heavy atom. The molecule has 0 radical (unpaired) electrons. The first-order chi connectivity index (χ1) is 17.5. The third kappa shape index (κ3) is 5.42. The molecule has 1 aromatic heterocycles. The van der Waals surface area contributed by atoms with Crippen molar-refractivity contribution in [2.24, 2.45) is 0 Å². The number of amides is 2. The van der Waals surface area contributed by atoms with Crippen LogP contribution >= 0.6 is 11.6 Å². The number of sulfonamides is 1. The van der Waals surface area contributed by atoms with Crippen molar-refractivity contribution in [2.75, 3.05) is 16.2 Å². The predicted octanol–water partition coefficient (Wildman–Crippen LogP) is 3.90. The van der Waals surface area contributed by atoms with Crippen molar-refractivity contribution < 1.29 is 26.8 Å². The number of carbonyl (C=O) groups excluding carboxylic acids is 2. The number of hydrogen-bond donors (Lipinski definition) is 2. The molecule has 2 amide bonds. The summed E-state index contributed by atoms with van der Waals surface area (Å²) in [4.78, 5) is 29.6. The van der Waals surface area contributed by atoms with E-state index in [1.807, 2.05) is 0 Å². The normalized spacial score (nSPS) is 15.2. The number of nitrogens with one attached hydrogen (secondary N) is 2. The standard InChI is InChI=1S/C25H23ClF2N4O4S/c1-14-10-23(15(2)9-17(14)26)37(35,36)32-21-12-19(28)18(27)11-20(21)31-25(34)22(32)13-24(33)30-8-5-16-3-6-29-7-4-16/h3-4,6-7,9-12,22H,5,8,13H2,1-2H3,(H,30,33)(H,31,34)/t22-/m1/s1. The topological polar surface area (TPSA) is 108 Å². The number of aryl methyl sites for hydroxylation is 2. The summed E-state index contributed by atoms with van der Waals surface area (Å²) in [7, 11) is -4.53. The summed E-state index contributed by atoms with van der Waals surface area (Å²) in [5.74, 6) is -4.01. The van der Waals surface area contributed by atoms with Gasteiger partial charge in [-0.1, -0.05) is 11.6 Å². The number of fused-ring (bicyclic) bond motifs is 1. The van der Waals surface area contributed by atoms with Crippen LogP contribution in [0.25, 0.3) is 0 Å². The monoisotopic (exact) mass is 548 g/mol. The highest BCUT2D eigenvalue weighted by Crippen LogP contribution is 2.39. The van der Waals surface area contributed by atoms with Crippen LogP contribution in [-0.4, -0.2) is 37.8 Å². The van der Waals surface area contributed by atoms with Gasteiger partial charge in [0, 0.05) is 36.1 Å². The fourth-order valence-corrected chi connectivity index (χ4v) is 6.20. The highest BCUT2D eigenvalue weighted by Gasteiger charge is 2.43. The lowest BCUT2D eigenvalue weighted by atomic mass is 10.1. The van der Waals surface area contributed by atoms with E-state index in [1.54, 1.807) is 31.5 Å². The second kappa shape index (κ2) is 10.4. The average Bonchev–Trinajstić information content (AvgIpc) is 2.83. The van der Waals surface area contributed by atoms with E-state index in [1.165, 1.54) is 19.1 Å². The fraction of sp³-hybridized carbons (Fsp3) is 0.240. The Balaban J connectivity index is 1.70. The summed E-state index contributed by atoms with van der Waals surface area (Å²) < 4.78 is 56.7. The molecule has 0 spiro atoms. The second-order valence-electron chi connectivity index (χ2n) is 8.62. The van der Waals surface area contributed by atoms with Gasteiger partial charge in [-0.05, 0) is 61.2 Å². The molecule has 4 rings (SSSR count). The van der Waals surface area contributed by atoms with Crippen molar-refractivity contribution >= 4 is 44.8 Å². The molecule has 37 heavy (non-hydrogen) atoms. The molecule has 3 aromatic rings. The van der Waals surface area contributed by atoms with Crippen LogP contribution in [-0.2, 0) is 26.0 Å². The predicted molar refractivity (Wildman–Crippen MR) is 135 cm³/mol. The minimum Gasteiger partial charge on any atom is -0.356 e. The van der Waals surface area contributed by atoms with Crippen LogP contribution in [0.5, 0.6) is 0 Å². The summed E-state index contributed by atoms with van der Waals surface area (Å²) in [6.45, 7) is 3.37. The molecular weight excluding hydrogens is 526 g/mol. The largest absolute Gasteiger partial charge is 0.356 e. The van der Waals surface area contributed by atoms with Gasteiger partial charge in [0.05, 0.1) is 22.7 Å². The van der Waals surface area contributed by atoms with Gasteiger partial charge in [0.15, 0.2) is 11.6 Å². The molecule has 0 unspecified atom stereocenters. The fourth-order valence-electron chi connectivity index (χ4n) is 4.06. The van der Waals surface area contributed by atoms with E-state index in [2.05, 4.69) is 15.6 Å². The Kier molecular flexibility index (Phi) is 7.47. The van der Waals surface area contributed by atoms with Crippen LogP contribution in [0.4, 0.5) is 20.2 Å². The molecule has 2 heterocycles. The Labute approximate surface area is 217 Å². The lowest BCUT2D eigenvalue weighted by molar-refractivity contribution is -0.125. The lowest BCUT2D eigenvalue weighted by Crippen LogP contribution is -2.53.